The third-order valence-electron chi connectivity index (χ3n) is 8.95. The van der Waals surface area contributed by atoms with Gasteiger partial charge in [-0.1, -0.05) is 26.0 Å². The number of piperazine rings is 1. The maximum atomic E-state index is 13.9. The first-order valence-corrected chi connectivity index (χ1v) is 14.3. The summed E-state index contributed by atoms with van der Waals surface area (Å²) >= 11 is 0. The molecule has 1 amide bonds. The van der Waals surface area contributed by atoms with Gasteiger partial charge in [-0.05, 0) is 63.4 Å². The van der Waals surface area contributed by atoms with Crippen LogP contribution in [0.1, 0.15) is 58.4 Å². The van der Waals surface area contributed by atoms with Gasteiger partial charge in [0.05, 0.1) is 30.1 Å². The fourth-order valence-electron chi connectivity index (χ4n) is 6.30. The topological polar surface area (TPSA) is 60.9 Å². The first-order valence-electron chi connectivity index (χ1n) is 14.3. The van der Waals surface area contributed by atoms with Crippen LogP contribution in [0, 0.1) is 5.82 Å². The van der Waals surface area contributed by atoms with E-state index in [-0.39, 0.29) is 53.6 Å². The van der Waals surface area contributed by atoms with Crippen LogP contribution >= 0.6 is 24.8 Å². The molecule has 0 saturated carbocycles. The van der Waals surface area contributed by atoms with E-state index in [1.54, 1.807) is 12.1 Å². The van der Waals surface area contributed by atoms with Gasteiger partial charge in [-0.3, -0.25) is 19.6 Å². The molecule has 0 aliphatic carbocycles. The molecule has 10 heteroatoms. The van der Waals surface area contributed by atoms with Gasteiger partial charge in [0, 0.05) is 62.5 Å². The lowest BCUT2D eigenvalue weighted by Gasteiger charge is -2.48. The fourth-order valence-corrected chi connectivity index (χ4v) is 6.30. The van der Waals surface area contributed by atoms with Gasteiger partial charge in [0.1, 0.15) is 5.82 Å². The monoisotopic (exact) mass is 609 g/mol. The Balaban J connectivity index is 0.00000231. The predicted molar refractivity (Wildman–Crippen MR) is 167 cm³/mol. The molecular weight excluding hydrogens is 564 g/mol. The quantitative estimate of drug-likeness (QED) is 0.522. The Hall–Kier alpha value is -1.81. The molecule has 1 aromatic carbocycles. The zero-order valence-corrected chi connectivity index (χ0v) is 26.8. The van der Waals surface area contributed by atoms with Crippen molar-refractivity contribution in [2.45, 2.75) is 77.1 Å². The number of carbonyl (C=O) groups is 1. The van der Waals surface area contributed by atoms with Gasteiger partial charge in [-0.25, -0.2) is 4.39 Å². The van der Waals surface area contributed by atoms with E-state index in [1.165, 1.54) is 12.1 Å². The molecule has 2 aromatic rings. The minimum absolute atomic E-state index is 0. The van der Waals surface area contributed by atoms with Crippen molar-refractivity contribution in [1.82, 2.24) is 20.1 Å². The summed E-state index contributed by atoms with van der Waals surface area (Å²) in [5.41, 5.74) is 3.52. The number of carbonyl (C=O) groups excluding carboxylic acids is 1. The van der Waals surface area contributed by atoms with Crippen LogP contribution in [-0.2, 0) is 21.4 Å². The van der Waals surface area contributed by atoms with Crippen LogP contribution in [0.2, 0.25) is 0 Å². The van der Waals surface area contributed by atoms with Crippen LogP contribution in [0.4, 0.5) is 10.1 Å². The van der Waals surface area contributed by atoms with E-state index < -0.39 is 0 Å². The lowest BCUT2D eigenvalue weighted by atomic mass is 9.91. The standard InChI is InChI=1S/C31H44FN5O2.2ClH/c1-21-17-36(26(16-33-21)18-35-11-12-39-31(5,6)22(35)2)19-28(38)37-20-30(3,4)29-27(37)14-24(15-34-29)13-23-7-9-25(32)10-8-23;;/h7-10,14-15,21-22,26,33H,11-13,16-20H2,1-6H3;2*1H/t21-,22?,26-;;/m1../s1. The number of nitrogens with one attached hydrogen (secondary N) is 1. The summed E-state index contributed by atoms with van der Waals surface area (Å²) in [5, 5.41) is 3.63. The smallest absolute Gasteiger partial charge is 0.241 e. The lowest BCUT2D eigenvalue weighted by molar-refractivity contribution is -0.129. The van der Waals surface area contributed by atoms with Gasteiger partial charge in [0.15, 0.2) is 0 Å². The van der Waals surface area contributed by atoms with Crippen molar-refractivity contribution in [3.63, 3.8) is 0 Å². The van der Waals surface area contributed by atoms with E-state index >= 15 is 0 Å². The number of rotatable bonds is 6. The van der Waals surface area contributed by atoms with Crippen molar-refractivity contribution in [2.75, 3.05) is 50.8 Å². The highest BCUT2D eigenvalue weighted by atomic mass is 35.5. The van der Waals surface area contributed by atoms with E-state index in [4.69, 9.17) is 9.72 Å². The molecule has 41 heavy (non-hydrogen) atoms. The molecule has 3 atom stereocenters. The summed E-state index contributed by atoms with van der Waals surface area (Å²) < 4.78 is 19.4. The molecular formula is C31H46Cl2FN5O2. The molecule has 3 aliphatic rings. The number of hydrogen-bond acceptors (Lipinski definition) is 6. The van der Waals surface area contributed by atoms with Gasteiger partial charge in [0.2, 0.25) is 5.91 Å². The van der Waals surface area contributed by atoms with Gasteiger partial charge in [-0.15, -0.1) is 24.8 Å². The van der Waals surface area contributed by atoms with E-state index in [2.05, 4.69) is 62.7 Å². The van der Waals surface area contributed by atoms with Crippen molar-refractivity contribution >= 4 is 36.4 Å². The molecule has 1 unspecified atom stereocenters. The van der Waals surface area contributed by atoms with Crippen molar-refractivity contribution in [1.29, 1.82) is 0 Å². The molecule has 228 valence electrons. The Bertz CT molecular complexity index is 1200. The number of pyridine rings is 1. The normalized spacial score (nSPS) is 25.6. The van der Waals surface area contributed by atoms with Crippen LogP contribution in [0.5, 0.6) is 0 Å². The number of fused-ring (bicyclic) bond motifs is 1. The fraction of sp³-hybridized carbons (Fsp3) is 0.613. The highest BCUT2D eigenvalue weighted by Crippen LogP contribution is 2.40. The molecule has 2 saturated heterocycles. The second kappa shape index (κ2) is 13.2. The first-order chi connectivity index (χ1) is 18.4. The molecule has 0 radical (unpaired) electrons. The minimum atomic E-state index is -0.239. The van der Waals surface area contributed by atoms with Crippen molar-refractivity contribution in [3.05, 3.63) is 59.2 Å². The van der Waals surface area contributed by atoms with Crippen LogP contribution in [0.3, 0.4) is 0 Å². The molecule has 1 aromatic heterocycles. The van der Waals surface area contributed by atoms with Gasteiger partial charge in [0.25, 0.3) is 0 Å². The number of halogens is 3. The SMILES string of the molecule is CC1N(C[C@H]2CN[C@H](C)CN2CC(=O)N2CC(C)(C)c3ncc(Cc4ccc(F)cc4)cc32)CCOC1(C)C.Cl.Cl. The maximum Gasteiger partial charge on any atom is 0.241 e. The van der Waals surface area contributed by atoms with E-state index in [0.29, 0.717) is 31.6 Å². The molecule has 2 fully saturated rings. The molecule has 7 nitrogen and oxygen atoms in total. The van der Waals surface area contributed by atoms with Crippen LogP contribution in [0.15, 0.2) is 36.5 Å². The van der Waals surface area contributed by atoms with Crippen molar-refractivity contribution in [3.8, 4) is 0 Å². The number of amides is 1. The molecule has 5 rings (SSSR count). The van der Waals surface area contributed by atoms with E-state index in [0.717, 1.165) is 55.3 Å². The van der Waals surface area contributed by atoms with E-state index in [9.17, 15) is 9.18 Å². The Morgan fingerprint density at radius 1 is 1.10 bits per heavy atom. The zero-order valence-electron chi connectivity index (χ0n) is 25.2. The average molecular weight is 611 g/mol. The van der Waals surface area contributed by atoms with Gasteiger partial charge < -0.3 is 15.0 Å². The molecule has 3 aliphatic heterocycles. The third-order valence-corrected chi connectivity index (χ3v) is 8.95. The second-order valence-electron chi connectivity index (χ2n) is 12.9. The number of morpholine rings is 1. The summed E-state index contributed by atoms with van der Waals surface area (Å²) in [4.78, 5) is 25.6. The minimum Gasteiger partial charge on any atom is -0.373 e. The summed E-state index contributed by atoms with van der Waals surface area (Å²) in [6.07, 6.45) is 2.55. The zero-order chi connectivity index (χ0) is 27.9. The largest absolute Gasteiger partial charge is 0.373 e. The van der Waals surface area contributed by atoms with Crippen molar-refractivity contribution < 1.29 is 13.9 Å². The second-order valence-corrected chi connectivity index (χ2v) is 12.9. The van der Waals surface area contributed by atoms with Crippen LogP contribution in [0.25, 0.3) is 0 Å². The van der Waals surface area contributed by atoms with Crippen LogP contribution < -0.4 is 10.2 Å². The third kappa shape index (κ3) is 7.40. The summed E-state index contributed by atoms with van der Waals surface area (Å²) in [7, 11) is 0. The Morgan fingerprint density at radius 2 is 1.80 bits per heavy atom. The molecule has 1 N–H and O–H groups in total. The molecule has 4 heterocycles. The molecule has 0 spiro atoms. The predicted octanol–water partition coefficient (Wildman–Crippen LogP) is 4.44. The summed E-state index contributed by atoms with van der Waals surface area (Å²) in [6, 6.07) is 9.57. The Morgan fingerprint density at radius 3 is 2.51 bits per heavy atom. The molecule has 0 bridgehead atoms. The number of anilines is 1. The van der Waals surface area contributed by atoms with Crippen molar-refractivity contribution in [2.24, 2.45) is 0 Å². The highest BCUT2D eigenvalue weighted by Gasteiger charge is 2.42. The first kappa shape index (κ1) is 33.7. The number of nitrogens with zero attached hydrogens (tertiary/aromatic N) is 4. The number of aromatic nitrogens is 1. The number of hydrogen-bond donors (Lipinski definition) is 1. The number of ether oxygens (including phenoxy) is 1. The van der Waals surface area contributed by atoms with E-state index in [1.807, 2.05) is 11.1 Å². The van der Waals surface area contributed by atoms with Crippen LogP contribution in [-0.4, -0.2) is 90.3 Å². The Labute approximate surface area is 257 Å². The maximum absolute atomic E-state index is 13.9. The lowest BCUT2D eigenvalue weighted by Crippen LogP contribution is -2.64. The Kier molecular flexibility index (Phi) is 10.9. The number of benzene rings is 1. The van der Waals surface area contributed by atoms with Gasteiger partial charge in [-0.2, -0.15) is 0 Å². The summed E-state index contributed by atoms with van der Waals surface area (Å²) in [5.74, 6) is -0.117. The summed E-state index contributed by atoms with van der Waals surface area (Å²) in [6.45, 7) is 18.3. The average Bonchev–Trinajstić information content (AvgIpc) is 3.15. The highest BCUT2D eigenvalue weighted by molar-refractivity contribution is 5.97. The van der Waals surface area contributed by atoms with Gasteiger partial charge >= 0.3 is 0 Å².